The maximum absolute atomic E-state index is 12.7. The summed E-state index contributed by atoms with van der Waals surface area (Å²) >= 11 is 12.1. The molecular formula is C18H14Cl2N4O2. The highest BCUT2D eigenvalue weighted by Gasteiger charge is 2.27. The van der Waals surface area contributed by atoms with Gasteiger partial charge in [-0.1, -0.05) is 35.3 Å². The van der Waals surface area contributed by atoms with E-state index >= 15 is 0 Å². The van der Waals surface area contributed by atoms with Gasteiger partial charge in [-0.3, -0.25) is 14.0 Å². The first-order valence-corrected chi connectivity index (χ1v) is 8.83. The number of nitrogens with one attached hydrogen (secondary N) is 2. The summed E-state index contributed by atoms with van der Waals surface area (Å²) in [5.74, 6) is -0.672. The number of carbonyl (C=O) groups excluding carboxylic acids is 2. The number of rotatable bonds is 4. The van der Waals surface area contributed by atoms with E-state index in [-0.39, 0.29) is 28.5 Å². The molecule has 1 aliphatic carbocycles. The summed E-state index contributed by atoms with van der Waals surface area (Å²) in [6, 6.07) is 10.5. The average Bonchev–Trinajstić information content (AvgIpc) is 3.35. The van der Waals surface area contributed by atoms with E-state index in [4.69, 9.17) is 23.2 Å². The Kier molecular flexibility index (Phi) is 4.30. The third-order valence-electron chi connectivity index (χ3n) is 4.08. The van der Waals surface area contributed by atoms with Crippen molar-refractivity contribution >= 4 is 46.2 Å². The number of hydrogen-bond donors (Lipinski definition) is 2. The Bertz CT molecular complexity index is 1030. The Morgan fingerprint density at radius 3 is 2.65 bits per heavy atom. The topological polar surface area (TPSA) is 75.5 Å². The number of amides is 2. The highest BCUT2D eigenvalue weighted by molar-refractivity contribution is 6.44. The van der Waals surface area contributed by atoms with E-state index in [1.165, 1.54) is 0 Å². The molecule has 4 rings (SSSR count). The van der Waals surface area contributed by atoms with Crippen molar-refractivity contribution in [3.05, 3.63) is 64.2 Å². The maximum Gasteiger partial charge on any atom is 0.292 e. The van der Waals surface area contributed by atoms with Crippen LogP contribution in [0.1, 0.15) is 33.9 Å². The molecule has 2 aromatic heterocycles. The lowest BCUT2D eigenvalue weighted by molar-refractivity contribution is 0.0948. The number of pyridine rings is 1. The summed E-state index contributed by atoms with van der Waals surface area (Å²) in [5.41, 5.74) is 1.16. The molecule has 0 spiro atoms. The van der Waals surface area contributed by atoms with Gasteiger partial charge in [-0.25, -0.2) is 4.98 Å². The lowest BCUT2D eigenvalue weighted by Crippen LogP contribution is -2.26. The smallest absolute Gasteiger partial charge is 0.292 e. The molecule has 0 aliphatic heterocycles. The van der Waals surface area contributed by atoms with Crippen molar-refractivity contribution in [3.63, 3.8) is 0 Å². The van der Waals surface area contributed by atoms with Gasteiger partial charge in [-0.15, -0.1) is 0 Å². The number of imidazole rings is 1. The zero-order chi connectivity index (χ0) is 18.3. The molecule has 1 saturated carbocycles. The Hall–Kier alpha value is -2.57. The molecule has 0 saturated heterocycles. The van der Waals surface area contributed by atoms with Gasteiger partial charge in [-0.05, 0) is 37.1 Å². The zero-order valence-corrected chi connectivity index (χ0v) is 15.0. The molecule has 3 aromatic rings. The first-order chi connectivity index (χ1) is 12.5. The number of carbonyl (C=O) groups is 2. The van der Waals surface area contributed by atoms with Crippen LogP contribution < -0.4 is 10.6 Å². The van der Waals surface area contributed by atoms with E-state index in [0.717, 1.165) is 12.8 Å². The standard InChI is InChI=1S/C18H14Cl2N4O2/c19-11-4-3-5-12(14(11)20)22-18(26)16-23-15(17(25)21-10-7-8-10)13-6-1-2-9-24(13)16/h1-6,9-10H,7-8H2,(H,21,25)(H,22,26). The fraction of sp³-hybridized carbons (Fsp3) is 0.167. The van der Waals surface area contributed by atoms with Crippen LogP contribution in [0.3, 0.4) is 0 Å². The number of hydrogen-bond acceptors (Lipinski definition) is 3. The minimum Gasteiger partial charge on any atom is -0.348 e. The Labute approximate surface area is 159 Å². The van der Waals surface area contributed by atoms with Gasteiger partial charge in [0.25, 0.3) is 11.8 Å². The van der Waals surface area contributed by atoms with Gasteiger partial charge in [0, 0.05) is 12.2 Å². The van der Waals surface area contributed by atoms with Crippen LogP contribution in [0.2, 0.25) is 10.0 Å². The summed E-state index contributed by atoms with van der Waals surface area (Å²) in [6.07, 6.45) is 3.63. The van der Waals surface area contributed by atoms with Crippen LogP contribution in [0.15, 0.2) is 42.6 Å². The minimum absolute atomic E-state index is 0.0950. The van der Waals surface area contributed by atoms with Crippen LogP contribution in [0.5, 0.6) is 0 Å². The number of fused-ring (bicyclic) bond motifs is 1. The predicted molar refractivity (Wildman–Crippen MR) is 100 cm³/mol. The number of halogens is 2. The normalized spacial score (nSPS) is 13.6. The zero-order valence-electron chi connectivity index (χ0n) is 13.5. The first-order valence-electron chi connectivity index (χ1n) is 8.08. The van der Waals surface area contributed by atoms with Crippen molar-refractivity contribution in [2.45, 2.75) is 18.9 Å². The third kappa shape index (κ3) is 3.13. The second-order valence-electron chi connectivity index (χ2n) is 6.04. The molecule has 2 N–H and O–H groups in total. The summed E-state index contributed by atoms with van der Waals surface area (Å²) in [4.78, 5) is 29.5. The molecule has 0 atom stereocenters. The second-order valence-corrected chi connectivity index (χ2v) is 6.83. The molecule has 8 heteroatoms. The van der Waals surface area contributed by atoms with Gasteiger partial charge in [0.05, 0.1) is 21.2 Å². The summed E-state index contributed by atoms with van der Waals surface area (Å²) in [7, 11) is 0. The summed E-state index contributed by atoms with van der Waals surface area (Å²) < 4.78 is 1.58. The third-order valence-corrected chi connectivity index (χ3v) is 4.90. The maximum atomic E-state index is 12.7. The van der Waals surface area contributed by atoms with E-state index in [1.807, 2.05) is 0 Å². The van der Waals surface area contributed by atoms with Crippen LogP contribution >= 0.6 is 23.2 Å². The van der Waals surface area contributed by atoms with E-state index in [2.05, 4.69) is 15.6 Å². The van der Waals surface area contributed by atoms with Crippen molar-refractivity contribution < 1.29 is 9.59 Å². The number of aromatic nitrogens is 2. The number of anilines is 1. The van der Waals surface area contributed by atoms with Crippen molar-refractivity contribution in [3.8, 4) is 0 Å². The second kappa shape index (κ2) is 6.63. The molecule has 1 aliphatic rings. The molecule has 1 aromatic carbocycles. The molecule has 0 radical (unpaired) electrons. The van der Waals surface area contributed by atoms with E-state index in [1.54, 1.807) is 47.0 Å². The lowest BCUT2D eigenvalue weighted by atomic mass is 10.3. The molecular weight excluding hydrogens is 375 g/mol. The fourth-order valence-electron chi connectivity index (χ4n) is 2.63. The molecule has 2 amide bonds. The molecule has 0 unspecified atom stereocenters. The van der Waals surface area contributed by atoms with Gasteiger partial charge in [-0.2, -0.15) is 0 Å². The van der Waals surface area contributed by atoms with E-state index in [9.17, 15) is 9.59 Å². The van der Waals surface area contributed by atoms with Crippen molar-refractivity contribution in [1.29, 1.82) is 0 Å². The monoisotopic (exact) mass is 388 g/mol. The first kappa shape index (κ1) is 16.9. The SMILES string of the molecule is O=C(NC1CC1)c1nc(C(=O)Nc2cccc(Cl)c2Cl)n2ccccc12. The largest absolute Gasteiger partial charge is 0.348 e. The van der Waals surface area contributed by atoms with Gasteiger partial charge in [0.2, 0.25) is 5.82 Å². The number of nitrogens with zero attached hydrogens (tertiary/aromatic N) is 2. The average molecular weight is 389 g/mol. The van der Waals surface area contributed by atoms with Crippen molar-refractivity contribution in [1.82, 2.24) is 14.7 Å². The molecule has 1 fully saturated rings. The van der Waals surface area contributed by atoms with Crippen LogP contribution in [0.25, 0.3) is 5.52 Å². The van der Waals surface area contributed by atoms with Gasteiger partial charge in [0.1, 0.15) is 0 Å². The quantitative estimate of drug-likeness (QED) is 0.713. The predicted octanol–water partition coefficient (Wildman–Crippen LogP) is 3.79. The van der Waals surface area contributed by atoms with Crippen LogP contribution in [-0.2, 0) is 0 Å². The molecule has 132 valence electrons. The Morgan fingerprint density at radius 1 is 1.08 bits per heavy atom. The van der Waals surface area contributed by atoms with Crippen LogP contribution in [0, 0.1) is 0 Å². The molecule has 26 heavy (non-hydrogen) atoms. The Balaban J connectivity index is 1.70. The van der Waals surface area contributed by atoms with E-state index in [0.29, 0.717) is 16.2 Å². The van der Waals surface area contributed by atoms with Crippen molar-refractivity contribution in [2.24, 2.45) is 0 Å². The van der Waals surface area contributed by atoms with Crippen molar-refractivity contribution in [2.75, 3.05) is 5.32 Å². The van der Waals surface area contributed by atoms with Gasteiger partial charge >= 0.3 is 0 Å². The Morgan fingerprint density at radius 2 is 1.88 bits per heavy atom. The highest BCUT2D eigenvalue weighted by Crippen LogP contribution is 2.30. The fourth-order valence-corrected chi connectivity index (χ4v) is 2.97. The van der Waals surface area contributed by atoms with Crippen LogP contribution in [-0.4, -0.2) is 27.2 Å². The highest BCUT2D eigenvalue weighted by atomic mass is 35.5. The molecule has 0 bridgehead atoms. The van der Waals surface area contributed by atoms with Crippen LogP contribution in [0.4, 0.5) is 5.69 Å². The summed E-state index contributed by atoms with van der Waals surface area (Å²) in [5, 5.41) is 6.17. The van der Waals surface area contributed by atoms with E-state index < -0.39 is 5.91 Å². The van der Waals surface area contributed by atoms with Gasteiger partial charge < -0.3 is 10.6 Å². The van der Waals surface area contributed by atoms with Gasteiger partial charge in [0.15, 0.2) is 5.69 Å². The number of benzene rings is 1. The molecule has 6 nitrogen and oxygen atoms in total. The minimum atomic E-state index is -0.485. The molecule has 2 heterocycles. The summed E-state index contributed by atoms with van der Waals surface area (Å²) in [6.45, 7) is 0. The lowest BCUT2D eigenvalue weighted by Gasteiger charge is -2.07.